The molecule has 0 saturated carbocycles. The summed E-state index contributed by atoms with van der Waals surface area (Å²) in [6.45, 7) is 5.67. The van der Waals surface area contributed by atoms with Gasteiger partial charge in [0.1, 0.15) is 10.6 Å². The van der Waals surface area contributed by atoms with Crippen molar-refractivity contribution >= 4 is 15.9 Å². The van der Waals surface area contributed by atoms with Gasteiger partial charge in [0.2, 0.25) is 10.0 Å². The van der Waals surface area contributed by atoms with E-state index in [1.807, 2.05) is 18.2 Å². The Labute approximate surface area is 190 Å². The van der Waals surface area contributed by atoms with E-state index >= 15 is 0 Å². The third kappa shape index (κ3) is 6.37. The van der Waals surface area contributed by atoms with E-state index in [0.717, 1.165) is 5.56 Å². The van der Waals surface area contributed by atoms with Crippen LogP contribution in [0.25, 0.3) is 0 Å². The average molecular weight is 465 g/mol. The normalized spacial score (nSPS) is 11.7. The lowest BCUT2D eigenvalue weighted by Crippen LogP contribution is -2.40. The van der Waals surface area contributed by atoms with Crippen LogP contribution in [0.1, 0.15) is 36.7 Å². The fraction of sp³-hybridized carbons (Fsp3) is 0.435. The molecule has 2 aromatic rings. The Morgan fingerprint density at radius 2 is 1.53 bits per heavy atom. The van der Waals surface area contributed by atoms with Gasteiger partial charge < -0.3 is 19.1 Å². The van der Waals surface area contributed by atoms with Gasteiger partial charge in [0.05, 0.1) is 21.3 Å². The van der Waals surface area contributed by atoms with Crippen LogP contribution in [-0.2, 0) is 16.4 Å². The number of carbonyl (C=O) groups is 1. The van der Waals surface area contributed by atoms with Crippen molar-refractivity contribution < 1.29 is 27.4 Å². The predicted octanol–water partition coefficient (Wildman–Crippen LogP) is 3.10. The minimum absolute atomic E-state index is 0.0749. The molecule has 2 aromatic carbocycles. The zero-order valence-corrected chi connectivity index (χ0v) is 20.5. The molecule has 0 atom stereocenters. The summed E-state index contributed by atoms with van der Waals surface area (Å²) in [7, 11) is 2.33. The largest absolute Gasteiger partial charge is 0.495 e. The zero-order valence-electron chi connectivity index (χ0n) is 19.7. The van der Waals surface area contributed by atoms with Crippen molar-refractivity contribution in [2.45, 2.75) is 37.6 Å². The van der Waals surface area contributed by atoms with Crippen molar-refractivity contribution in [3.05, 3.63) is 47.5 Å². The van der Waals surface area contributed by atoms with Crippen molar-refractivity contribution in [3.63, 3.8) is 0 Å². The molecule has 0 unspecified atom stereocenters. The number of benzene rings is 2. The number of hydrogen-bond donors (Lipinski definition) is 1. The minimum Gasteiger partial charge on any atom is -0.495 e. The van der Waals surface area contributed by atoms with Gasteiger partial charge >= 0.3 is 0 Å². The number of amides is 1. The van der Waals surface area contributed by atoms with Gasteiger partial charge in [-0.2, -0.15) is 0 Å². The van der Waals surface area contributed by atoms with Gasteiger partial charge in [-0.15, -0.1) is 0 Å². The standard InChI is InChI=1S/C23H32N2O6S/c1-23(2,3)24-32(27,28)21-15-17(9-11-19(21)30-6)22(26)25(4)13-12-16-8-10-18(29-5)20(14-16)31-7/h8-11,14-15,24H,12-13H2,1-7H3. The SMILES string of the molecule is COc1ccc(CCN(C)C(=O)c2ccc(OC)c(S(=O)(=O)NC(C)(C)C)c2)cc1OC. The molecule has 8 nitrogen and oxygen atoms in total. The van der Waals surface area contributed by atoms with Crippen molar-refractivity contribution in [2.75, 3.05) is 34.9 Å². The van der Waals surface area contributed by atoms with Gasteiger partial charge in [-0.05, 0) is 63.1 Å². The first-order valence-electron chi connectivity index (χ1n) is 10.1. The second kappa shape index (κ2) is 10.2. The van der Waals surface area contributed by atoms with Crippen LogP contribution < -0.4 is 18.9 Å². The third-order valence-corrected chi connectivity index (χ3v) is 6.45. The first-order chi connectivity index (χ1) is 14.9. The monoisotopic (exact) mass is 464 g/mol. The molecule has 0 radical (unpaired) electrons. The van der Waals surface area contributed by atoms with Crippen LogP contribution in [0.3, 0.4) is 0 Å². The Kier molecular flexibility index (Phi) is 8.14. The fourth-order valence-corrected chi connectivity index (χ4v) is 4.75. The molecule has 0 saturated heterocycles. The van der Waals surface area contributed by atoms with E-state index < -0.39 is 15.6 Å². The van der Waals surface area contributed by atoms with Crippen LogP contribution in [0.4, 0.5) is 0 Å². The number of sulfonamides is 1. The quantitative estimate of drug-likeness (QED) is 0.613. The lowest BCUT2D eigenvalue weighted by atomic mass is 10.1. The molecule has 9 heteroatoms. The van der Waals surface area contributed by atoms with Crippen LogP contribution in [0.15, 0.2) is 41.3 Å². The molecule has 0 aliphatic carbocycles. The second-order valence-electron chi connectivity index (χ2n) is 8.39. The number of ether oxygens (including phenoxy) is 3. The molecule has 0 fully saturated rings. The summed E-state index contributed by atoms with van der Waals surface area (Å²) in [6, 6.07) is 10.0. The maximum absolute atomic E-state index is 13.0. The topological polar surface area (TPSA) is 94.2 Å². The Morgan fingerprint density at radius 1 is 0.938 bits per heavy atom. The van der Waals surface area contributed by atoms with Crippen molar-refractivity contribution in [1.29, 1.82) is 0 Å². The highest BCUT2D eigenvalue weighted by Gasteiger charge is 2.27. The molecule has 2 rings (SSSR count). The number of carbonyl (C=O) groups excluding carboxylic acids is 1. The van der Waals surface area contributed by atoms with Crippen LogP contribution in [0, 0.1) is 0 Å². The maximum Gasteiger partial charge on any atom is 0.253 e. The molecule has 176 valence electrons. The van der Waals surface area contributed by atoms with Crippen LogP contribution >= 0.6 is 0 Å². The molecule has 0 heterocycles. The minimum atomic E-state index is -3.88. The van der Waals surface area contributed by atoms with Crippen LogP contribution in [0.2, 0.25) is 0 Å². The second-order valence-corrected chi connectivity index (χ2v) is 10.0. The summed E-state index contributed by atoms with van der Waals surface area (Å²) in [5, 5.41) is 0. The predicted molar refractivity (Wildman–Crippen MR) is 123 cm³/mol. The molecule has 0 bridgehead atoms. The Balaban J connectivity index is 2.22. The van der Waals surface area contributed by atoms with Gasteiger partial charge in [0, 0.05) is 24.7 Å². The first-order valence-corrected chi connectivity index (χ1v) is 11.6. The van der Waals surface area contributed by atoms with E-state index in [9.17, 15) is 13.2 Å². The molecule has 0 spiro atoms. The summed E-state index contributed by atoms with van der Waals surface area (Å²) >= 11 is 0. The van der Waals surface area contributed by atoms with Crippen molar-refractivity contribution in [3.8, 4) is 17.2 Å². The maximum atomic E-state index is 13.0. The Morgan fingerprint density at radius 3 is 2.09 bits per heavy atom. The summed E-state index contributed by atoms with van der Waals surface area (Å²) < 4.78 is 44.1. The molecular formula is C23H32N2O6S. The number of nitrogens with zero attached hydrogens (tertiary/aromatic N) is 1. The molecule has 32 heavy (non-hydrogen) atoms. The van der Waals surface area contributed by atoms with Crippen molar-refractivity contribution in [2.24, 2.45) is 0 Å². The molecule has 1 amide bonds. The molecule has 1 N–H and O–H groups in total. The first kappa shape index (κ1) is 25.5. The Bertz CT molecular complexity index is 1060. The zero-order chi connectivity index (χ0) is 24.1. The Hall–Kier alpha value is -2.78. The van der Waals surface area contributed by atoms with E-state index in [0.29, 0.717) is 24.5 Å². The highest BCUT2D eigenvalue weighted by Crippen LogP contribution is 2.28. The van der Waals surface area contributed by atoms with Gasteiger partial charge in [-0.25, -0.2) is 13.1 Å². The van der Waals surface area contributed by atoms with Crippen LogP contribution in [-0.4, -0.2) is 59.7 Å². The molecule has 0 aliphatic heterocycles. The third-order valence-electron chi connectivity index (χ3n) is 4.67. The lowest BCUT2D eigenvalue weighted by Gasteiger charge is -2.22. The van der Waals surface area contributed by atoms with Crippen LogP contribution in [0.5, 0.6) is 17.2 Å². The molecule has 0 aliphatic rings. The fourth-order valence-electron chi connectivity index (χ4n) is 3.13. The summed E-state index contributed by atoms with van der Waals surface area (Å²) in [6.07, 6.45) is 0.593. The highest BCUT2D eigenvalue weighted by atomic mass is 32.2. The van der Waals surface area contributed by atoms with E-state index in [2.05, 4.69) is 4.72 Å². The lowest BCUT2D eigenvalue weighted by molar-refractivity contribution is 0.0796. The smallest absolute Gasteiger partial charge is 0.253 e. The number of nitrogens with one attached hydrogen (secondary N) is 1. The summed E-state index contributed by atoms with van der Waals surface area (Å²) in [5.74, 6) is 1.14. The number of likely N-dealkylation sites (N-methyl/N-ethyl adjacent to an activating group) is 1. The number of hydrogen-bond acceptors (Lipinski definition) is 6. The summed E-state index contributed by atoms with van der Waals surface area (Å²) in [5.41, 5.74) is 0.560. The van der Waals surface area contributed by atoms with Gasteiger partial charge in [0.25, 0.3) is 5.91 Å². The summed E-state index contributed by atoms with van der Waals surface area (Å²) in [4.78, 5) is 14.5. The average Bonchev–Trinajstić information content (AvgIpc) is 2.74. The molecule has 0 aromatic heterocycles. The number of methoxy groups -OCH3 is 3. The molecular weight excluding hydrogens is 432 g/mol. The van der Waals surface area contributed by atoms with E-state index in [1.54, 1.807) is 53.0 Å². The van der Waals surface area contributed by atoms with E-state index in [4.69, 9.17) is 14.2 Å². The van der Waals surface area contributed by atoms with Gasteiger partial charge in [0.15, 0.2) is 11.5 Å². The van der Waals surface area contributed by atoms with Gasteiger partial charge in [-0.3, -0.25) is 4.79 Å². The number of rotatable bonds is 9. The van der Waals surface area contributed by atoms with E-state index in [-0.39, 0.29) is 22.1 Å². The van der Waals surface area contributed by atoms with Crippen molar-refractivity contribution in [1.82, 2.24) is 9.62 Å². The van der Waals surface area contributed by atoms with Gasteiger partial charge in [-0.1, -0.05) is 6.07 Å². The highest BCUT2D eigenvalue weighted by molar-refractivity contribution is 7.89. The van der Waals surface area contributed by atoms with E-state index in [1.165, 1.54) is 19.2 Å².